The molecule has 0 radical (unpaired) electrons. The zero-order chi connectivity index (χ0) is 18.4. The monoisotopic (exact) mass is 366 g/mol. The number of nitrogens with one attached hydrogen (secondary N) is 1. The Kier molecular flexibility index (Phi) is 7.73. The average molecular weight is 367 g/mol. The predicted octanol–water partition coefficient (Wildman–Crippen LogP) is 1.02. The molecule has 26 heavy (non-hydrogen) atoms. The van der Waals surface area contributed by atoms with Crippen LogP contribution >= 0.6 is 0 Å². The van der Waals surface area contributed by atoms with Crippen LogP contribution in [0.5, 0.6) is 0 Å². The number of likely N-dealkylation sites (tertiary alicyclic amines) is 1. The molecule has 1 amide bonds. The number of hydrogen-bond donors (Lipinski definition) is 1. The van der Waals surface area contributed by atoms with Gasteiger partial charge in [0.05, 0.1) is 12.2 Å². The van der Waals surface area contributed by atoms with E-state index in [0.717, 1.165) is 64.8 Å². The summed E-state index contributed by atoms with van der Waals surface area (Å²) in [5, 5.41) is 3.31. The van der Waals surface area contributed by atoms with Crippen LogP contribution in [-0.4, -0.2) is 98.3 Å². The molecule has 0 aromatic carbocycles. The first kappa shape index (κ1) is 20.1. The van der Waals surface area contributed by atoms with E-state index in [1.165, 1.54) is 25.8 Å². The van der Waals surface area contributed by atoms with E-state index >= 15 is 0 Å². The van der Waals surface area contributed by atoms with Gasteiger partial charge < -0.3 is 19.9 Å². The molecule has 0 aromatic heterocycles. The molecular weight excluding hydrogens is 328 g/mol. The smallest absolute Gasteiger partial charge is 0.223 e. The first-order valence-electron chi connectivity index (χ1n) is 10.7. The number of ether oxygens (including phenoxy) is 1. The highest BCUT2D eigenvalue weighted by molar-refractivity contribution is 5.76. The van der Waals surface area contributed by atoms with E-state index in [-0.39, 0.29) is 0 Å². The first-order chi connectivity index (χ1) is 12.6. The van der Waals surface area contributed by atoms with E-state index in [2.05, 4.69) is 29.0 Å². The molecule has 1 N–H and O–H groups in total. The van der Waals surface area contributed by atoms with Crippen molar-refractivity contribution >= 4 is 5.91 Å². The summed E-state index contributed by atoms with van der Waals surface area (Å²) < 4.78 is 5.83. The van der Waals surface area contributed by atoms with Gasteiger partial charge >= 0.3 is 0 Å². The summed E-state index contributed by atoms with van der Waals surface area (Å²) in [5.41, 5.74) is 0. The van der Waals surface area contributed by atoms with Crippen LogP contribution in [0, 0.1) is 5.92 Å². The third-order valence-corrected chi connectivity index (χ3v) is 6.17. The van der Waals surface area contributed by atoms with Crippen LogP contribution in [0.3, 0.4) is 0 Å². The lowest BCUT2D eigenvalue weighted by atomic mass is 9.93. The van der Waals surface area contributed by atoms with Gasteiger partial charge in [-0.05, 0) is 58.7 Å². The Bertz CT molecular complexity index is 424. The van der Waals surface area contributed by atoms with Crippen molar-refractivity contribution < 1.29 is 9.53 Å². The van der Waals surface area contributed by atoms with E-state index in [0.29, 0.717) is 24.5 Å². The minimum Gasteiger partial charge on any atom is -0.373 e. The summed E-state index contributed by atoms with van der Waals surface area (Å²) in [7, 11) is 0. The molecule has 3 fully saturated rings. The average Bonchev–Trinajstić information content (AvgIpc) is 2.65. The van der Waals surface area contributed by atoms with Crippen LogP contribution in [-0.2, 0) is 9.53 Å². The van der Waals surface area contributed by atoms with Gasteiger partial charge in [-0.15, -0.1) is 0 Å². The second kappa shape index (κ2) is 10.0. The fourth-order valence-corrected chi connectivity index (χ4v) is 4.66. The molecule has 2 atom stereocenters. The molecule has 3 aliphatic heterocycles. The summed E-state index contributed by atoms with van der Waals surface area (Å²) in [6, 6.07) is 0. The quantitative estimate of drug-likeness (QED) is 0.761. The first-order valence-corrected chi connectivity index (χ1v) is 10.7. The van der Waals surface area contributed by atoms with Crippen LogP contribution in [0.15, 0.2) is 0 Å². The molecule has 0 aromatic rings. The molecule has 3 heterocycles. The topological polar surface area (TPSA) is 48.0 Å². The molecule has 150 valence electrons. The van der Waals surface area contributed by atoms with Crippen LogP contribution in [0.2, 0.25) is 0 Å². The Morgan fingerprint density at radius 2 is 1.62 bits per heavy atom. The molecule has 0 saturated carbocycles. The van der Waals surface area contributed by atoms with Crippen molar-refractivity contribution in [3.63, 3.8) is 0 Å². The lowest BCUT2D eigenvalue weighted by Gasteiger charge is -2.37. The Balaban J connectivity index is 1.28. The highest BCUT2D eigenvalue weighted by Crippen LogP contribution is 2.22. The van der Waals surface area contributed by atoms with Gasteiger partial charge in [-0.3, -0.25) is 9.69 Å². The Morgan fingerprint density at radius 1 is 0.962 bits per heavy atom. The van der Waals surface area contributed by atoms with Crippen molar-refractivity contribution in [3.8, 4) is 0 Å². The normalized spacial score (nSPS) is 29.8. The number of rotatable bonds is 6. The zero-order valence-corrected chi connectivity index (χ0v) is 16.8. The van der Waals surface area contributed by atoms with E-state index in [9.17, 15) is 4.79 Å². The van der Waals surface area contributed by atoms with E-state index in [1.54, 1.807) is 0 Å². The largest absolute Gasteiger partial charge is 0.373 e. The second-order valence-electron chi connectivity index (χ2n) is 8.47. The van der Waals surface area contributed by atoms with E-state index < -0.39 is 0 Å². The number of hydrogen-bond acceptors (Lipinski definition) is 5. The van der Waals surface area contributed by atoms with Crippen LogP contribution in [0.25, 0.3) is 0 Å². The van der Waals surface area contributed by atoms with E-state index in [1.807, 2.05) is 4.90 Å². The van der Waals surface area contributed by atoms with Gasteiger partial charge in [-0.1, -0.05) is 0 Å². The van der Waals surface area contributed by atoms with Gasteiger partial charge in [0.25, 0.3) is 0 Å². The standard InChI is InChI=1S/C20H38N4O2/c1-17-15-23(16-18(2)26-17)11-5-19-3-9-22(10-4-19)12-6-20(25)24-13-7-21-8-14-24/h17-19,21H,3-16H2,1-2H3. The van der Waals surface area contributed by atoms with Gasteiger partial charge in [-0.2, -0.15) is 0 Å². The lowest BCUT2D eigenvalue weighted by molar-refractivity contribution is -0.132. The third-order valence-electron chi connectivity index (χ3n) is 6.17. The number of carbonyl (C=O) groups excluding carboxylic acids is 1. The van der Waals surface area contributed by atoms with Gasteiger partial charge in [0.2, 0.25) is 5.91 Å². The fourth-order valence-electron chi connectivity index (χ4n) is 4.66. The predicted molar refractivity (Wildman–Crippen MR) is 104 cm³/mol. The Morgan fingerprint density at radius 3 is 2.27 bits per heavy atom. The summed E-state index contributed by atoms with van der Waals surface area (Å²) in [5.74, 6) is 1.19. The highest BCUT2D eigenvalue weighted by atomic mass is 16.5. The van der Waals surface area contributed by atoms with Gasteiger partial charge in [0.15, 0.2) is 0 Å². The minimum atomic E-state index is 0.337. The maximum atomic E-state index is 12.3. The summed E-state index contributed by atoms with van der Waals surface area (Å²) in [6.45, 7) is 14.6. The number of carbonyl (C=O) groups is 1. The van der Waals surface area contributed by atoms with Crippen molar-refractivity contribution in [2.75, 3.05) is 65.4 Å². The summed E-state index contributed by atoms with van der Waals surface area (Å²) >= 11 is 0. The second-order valence-corrected chi connectivity index (χ2v) is 8.47. The number of piperidine rings is 1. The maximum absolute atomic E-state index is 12.3. The van der Waals surface area contributed by atoms with Gasteiger partial charge in [0, 0.05) is 52.2 Å². The van der Waals surface area contributed by atoms with Crippen LogP contribution in [0.1, 0.15) is 39.5 Å². The Hall–Kier alpha value is -0.690. The fraction of sp³-hybridized carbons (Fsp3) is 0.950. The van der Waals surface area contributed by atoms with Gasteiger partial charge in [-0.25, -0.2) is 0 Å². The number of amides is 1. The maximum Gasteiger partial charge on any atom is 0.223 e. The molecule has 0 aliphatic carbocycles. The number of piperazine rings is 1. The molecule has 0 spiro atoms. The van der Waals surface area contributed by atoms with Crippen LogP contribution in [0.4, 0.5) is 0 Å². The van der Waals surface area contributed by atoms with Crippen molar-refractivity contribution in [1.82, 2.24) is 20.0 Å². The molecule has 2 unspecified atom stereocenters. The molecule has 6 heteroatoms. The number of nitrogens with zero attached hydrogens (tertiary/aromatic N) is 3. The SMILES string of the molecule is CC1CN(CCC2CCN(CCC(=O)N3CCNCC3)CC2)CC(C)O1. The molecule has 0 bridgehead atoms. The zero-order valence-electron chi connectivity index (χ0n) is 16.8. The molecule has 6 nitrogen and oxygen atoms in total. The molecular formula is C20H38N4O2. The molecule has 3 rings (SSSR count). The van der Waals surface area contributed by atoms with Gasteiger partial charge in [0.1, 0.15) is 0 Å². The lowest BCUT2D eigenvalue weighted by Crippen LogP contribution is -2.47. The number of morpholine rings is 1. The van der Waals surface area contributed by atoms with Crippen molar-refractivity contribution in [1.29, 1.82) is 0 Å². The molecule has 3 aliphatic rings. The molecule has 3 saturated heterocycles. The third kappa shape index (κ3) is 6.19. The Labute approximate surface area is 159 Å². The summed E-state index contributed by atoms with van der Waals surface area (Å²) in [4.78, 5) is 19.4. The summed E-state index contributed by atoms with van der Waals surface area (Å²) in [6.07, 6.45) is 5.32. The minimum absolute atomic E-state index is 0.337. The van der Waals surface area contributed by atoms with Crippen molar-refractivity contribution in [3.05, 3.63) is 0 Å². The van der Waals surface area contributed by atoms with Crippen molar-refractivity contribution in [2.45, 2.75) is 51.7 Å². The highest BCUT2D eigenvalue weighted by Gasteiger charge is 2.25. The van der Waals surface area contributed by atoms with Crippen molar-refractivity contribution in [2.24, 2.45) is 5.92 Å². The van der Waals surface area contributed by atoms with E-state index in [4.69, 9.17) is 4.74 Å². The van der Waals surface area contributed by atoms with Crippen LogP contribution < -0.4 is 5.32 Å².